The Hall–Kier alpha value is -2.98. The number of anilines is 2. The van der Waals surface area contributed by atoms with Crippen molar-refractivity contribution in [3.05, 3.63) is 51.9 Å². The lowest BCUT2D eigenvalue weighted by Gasteiger charge is -2.28. The zero-order valence-corrected chi connectivity index (χ0v) is 18.6. The van der Waals surface area contributed by atoms with E-state index in [9.17, 15) is 18.3 Å². The number of aliphatic hydroxyl groups is 1. The SMILES string of the molecule is COc1cc2cnc(Nc3ccc4c(c3)CS(=O)(=O)C4)nc2n([C@@H]2CCC[C@@]2(C)O)c1=O. The van der Waals surface area contributed by atoms with Crippen molar-refractivity contribution in [3.8, 4) is 5.75 Å². The Balaban J connectivity index is 1.58. The molecule has 1 aliphatic carbocycles. The van der Waals surface area contributed by atoms with Crippen LogP contribution >= 0.6 is 0 Å². The molecule has 2 N–H and O–H groups in total. The third-order valence-electron chi connectivity index (χ3n) is 6.36. The number of fused-ring (bicyclic) bond motifs is 2. The number of pyridine rings is 1. The summed E-state index contributed by atoms with van der Waals surface area (Å²) < 4.78 is 30.6. The second-order valence-corrected chi connectivity index (χ2v) is 10.8. The first kappa shape index (κ1) is 20.9. The van der Waals surface area contributed by atoms with Crippen LogP contribution in [0.2, 0.25) is 0 Å². The van der Waals surface area contributed by atoms with Gasteiger partial charge in [-0.2, -0.15) is 4.98 Å². The summed E-state index contributed by atoms with van der Waals surface area (Å²) in [4.78, 5) is 22.1. The van der Waals surface area contributed by atoms with E-state index in [2.05, 4.69) is 15.3 Å². The number of hydrogen-bond acceptors (Lipinski definition) is 8. The van der Waals surface area contributed by atoms with Gasteiger partial charge in [-0.1, -0.05) is 6.07 Å². The van der Waals surface area contributed by atoms with Crippen molar-refractivity contribution in [3.63, 3.8) is 0 Å². The van der Waals surface area contributed by atoms with Gasteiger partial charge in [0, 0.05) is 17.3 Å². The van der Waals surface area contributed by atoms with Crippen LogP contribution in [-0.4, -0.2) is 40.8 Å². The molecule has 2 aromatic heterocycles. The molecule has 1 fully saturated rings. The van der Waals surface area contributed by atoms with Crippen molar-refractivity contribution in [1.29, 1.82) is 0 Å². The van der Waals surface area contributed by atoms with Crippen LogP contribution in [0.15, 0.2) is 35.3 Å². The van der Waals surface area contributed by atoms with Crippen LogP contribution < -0.4 is 15.6 Å². The molecule has 2 aliphatic rings. The Morgan fingerprint density at radius 1 is 1.25 bits per heavy atom. The van der Waals surface area contributed by atoms with Gasteiger partial charge < -0.3 is 15.2 Å². The topological polar surface area (TPSA) is 123 Å². The van der Waals surface area contributed by atoms with Gasteiger partial charge in [0.2, 0.25) is 5.95 Å². The third-order valence-corrected chi connectivity index (χ3v) is 7.87. The summed E-state index contributed by atoms with van der Waals surface area (Å²) in [7, 11) is -1.66. The molecule has 9 nitrogen and oxygen atoms in total. The minimum absolute atomic E-state index is 0.0204. The molecule has 0 unspecified atom stereocenters. The summed E-state index contributed by atoms with van der Waals surface area (Å²) in [6, 6.07) is 6.54. The monoisotopic (exact) mass is 456 g/mol. The summed E-state index contributed by atoms with van der Waals surface area (Å²) in [5, 5.41) is 14.6. The highest BCUT2D eigenvalue weighted by atomic mass is 32.2. The standard InChI is InChI=1S/C22H24N4O5S/c1-22(28)7-3-4-18(22)26-19-14(9-17(31-2)20(26)27)10-23-21(25-19)24-16-6-5-13-11-32(29,30)12-15(13)8-16/h5-6,8-10,18,28H,3-4,7,11-12H2,1-2H3,(H,23,24,25)/t18-,22-/m1/s1. The van der Waals surface area contributed by atoms with Crippen LogP contribution in [0.25, 0.3) is 11.0 Å². The van der Waals surface area contributed by atoms with Gasteiger partial charge in [-0.3, -0.25) is 9.36 Å². The predicted octanol–water partition coefficient (Wildman–Crippen LogP) is 2.45. The Kier molecular flexibility index (Phi) is 4.75. The van der Waals surface area contributed by atoms with Gasteiger partial charge in [0.05, 0.1) is 30.3 Å². The Morgan fingerprint density at radius 3 is 2.75 bits per heavy atom. The van der Waals surface area contributed by atoms with Gasteiger partial charge in [-0.25, -0.2) is 13.4 Å². The first-order valence-corrected chi connectivity index (χ1v) is 12.3. The fourth-order valence-corrected chi connectivity index (χ4v) is 6.36. The molecule has 3 heterocycles. The van der Waals surface area contributed by atoms with Crippen LogP contribution in [0.3, 0.4) is 0 Å². The maximum Gasteiger partial charge on any atom is 0.294 e. The number of methoxy groups -OCH3 is 1. The highest BCUT2D eigenvalue weighted by Crippen LogP contribution is 2.40. The lowest BCUT2D eigenvalue weighted by Crippen LogP contribution is -2.37. The molecule has 0 radical (unpaired) electrons. The number of benzene rings is 1. The molecule has 10 heteroatoms. The van der Waals surface area contributed by atoms with Crippen molar-refractivity contribution < 1.29 is 18.3 Å². The Bertz CT molecular complexity index is 1400. The molecule has 0 spiro atoms. The van der Waals surface area contributed by atoms with Crippen molar-refractivity contribution in [1.82, 2.24) is 14.5 Å². The summed E-state index contributed by atoms with van der Waals surface area (Å²) >= 11 is 0. The fourth-order valence-electron chi connectivity index (χ4n) is 4.76. The van der Waals surface area contributed by atoms with Crippen molar-refractivity contribution in [2.24, 2.45) is 0 Å². The van der Waals surface area contributed by atoms with E-state index in [1.54, 1.807) is 37.4 Å². The van der Waals surface area contributed by atoms with Gasteiger partial charge in [0.25, 0.3) is 5.56 Å². The Morgan fingerprint density at radius 2 is 2.03 bits per heavy atom. The van der Waals surface area contributed by atoms with Crippen LogP contribution in [0, 0.1) is 0 Å². The predicted molar refractivity (Wildman–Crippen MR) is 120 cm³/mol. The van der Waals surface area contributed by atoms with Gasteiger partial charge in [0.1, 0.15) is 5.65 Å². The largest absolute Gasteiger partial charge is 0.491 e. The minimum Gasteiger partial charge on any atom is -0.491 e. The number of rotatable bonds is 4. The first-order valence-electron chi connectivity index (χ1n) is 10.4. The first-order chi connectivity index (χ1) is 15.2. The lowest BCUT2D eigenvalue weighted by atomic mass is 10.00. The lowest BCUT2D eigenvalue weighted by molar-refractivity contribution is 0.0264. The Labute approximate surface area is 185 Å². The average molecular weight is 457 g/mol. The molecule has 1 saturated carbocycles. The smallest absolute Gasteiger partial charge is 0.294 e. The summed E-state index contributed by atoms with van der Waals surface area (Å²) in [5.74, 6) is 0.524. The molecule has 5 rings (SSSR count). The number of aromatic nitrogens is 3. The van der Waals surface area contributed by atoms with Crippen LogP contribution in [-0.2, 0) is 21.3 Å². The number of hydrogen-bond donors (Lipinski definition) is 2. The van der Waals surface area contributed by atoms with Crippen LogP contribution in [0.5, 0.6) is 5.75 Å². The van der Waals surface area contributed by atoms with Crippen LogP contribution in [0.1, 0.15) is 43.4 Å². The molecule has 32 heavy (non-hydrogen) atoms. The van der Waals surface area contributed by atoms with Gasteiger partial charge >= 0.3 is 0 Å². The van der Waals surface area contributed by atoms with Crippen molar-refractivity contribution in [2.45, 2.75) is 49.3 Å². The van der Waals surface area contributed by atoms with E-state index in [1.807, 2.05) is 0 Å². The summed E-state index contributed by atoms with van der Waals surface area (Å²) in [6.45, 7) is 1.74. The quantitative estimate of drug-likeness (QED) is 0.614. The molecule has 0 bridgehead atoms. The zero-order valence-electron chi connectivity index (χ0n) is 17.8. The van der Waals surface area contributed by atoms with Crippen molar-refractivity contribution in [2.75, 3.05) is 12.4 Å². The molecule has 1 aromatic carbocycles. The van der Waals surface area contributed by atoms with Gasteiger partial charge in [0.15, 0.2) is 15.6 Å². The van der Waals surface area contributed by atoms with E-state index in [1.165, 1.54) is 11.7 Å². The van der Waals surface area contributed by atoms with Crippen LogP contribution in [0.4, 0.5) is 11.6 Å². The minimum atomic E-state index is -3.09. The van der Waals surface area contributed by atoms with E-state index >= 15 is 0 Å². The molecule has 3 aromatic rings. The molecular formula is C22H24N4O5S. The molecule has 2 atom stereocenters. The van der Waals surface area contributed by atoms with E-state index < -0.39 is 21.5 Å². The molecule has 1 aliphatic heterocycles. The maximum atomic E-state index is 13.1. The number of sulfone groups is 1. The molecule has 168 valence electrons. The van der Waals surface area contributed by atoms with Crippen molar-refractivity contribution >= 4 is 32.5 Å². The van der Waals surface area contributed by atoms with Gasteiger partial charge in [-0.05, 0) is 55.5 Å². The normalized spacial score (nSPS) is 23.9. The summed E-state index contributed by atoms with van der Waals surface area (Å²) in [5.41, 5.74) is 1.26. The number of nitrogens with one attached hydrogen (secondary N) is 1. The fraction of sp³-hybridized carbons (Fsp3) is 0.409. The summed E-state index contributed by atoms with van der Waals surface area (Å²) in [6.07, 6.45) is 3.65. The molecule has 0 amide bonds. The van der Waals surface area contributed by atoms with E-state index in [0.717, 1.165) is 17.5 Å². The second-order valence-electron chi connectivity index (χ2n) is 8.77. The zero-order chi connectivity index (χ0) is 22.7. The second kappa shape index (κ2) is 7.28. The number of nitrogens with zero attached hydrogens (tertiary/aromatic N) is 3. The highest BCUT2D eigenvalue weighted by Gasteiger charge is 2.40. The maximum absolute atomic E-state index is 13.1. The van der Waals surface area contributed by atoms with E-state index in [0.29, 0.717) is 29.6 Å². The van der Waals surface area contributed by atoms with E-state index in [-0.39, 0.29) is 28.8 Å². The van der Waals surface area contributed by atoms with Gasteiger partial charge in [-0.15, -0.1) is 0 Å². The molecule has 0 saturated heterocycles. The van der Waals surface area contributed by atoms with E-state index in [4.69, 9.17) is 4.74 Å². The highest BCUT2D eigenvalue weighted by molar-refractivity contribution is 7.90. The number of ether oxygens (including phenoxy) is 1. The average Bonchev–Trinajstić information content (AvgIpc) is 3.23. The third kappa shape index (κ3) is 3.53. The molecular weight excluding hydrogens is 432 g/mol.